The van der Waals surface area contributed by atoms with Gasteiger partial charge in [0.2, 0.25) is 5.91 Å². The Bertz CT molecular complexity index is 660. The molecular weight excluding hydrogens is 278 g/mol. The molecular formula is C18H21NO3. The number of hydrogen-bond donors (Lipinski definition) is 1. The molecule has 0 aliphatic heterocycles. The number of primary amides is 1. The molecule has 0 aliphatic carbocycles. The molecule has 4 nitrogen and oxygen atoms in total. The fourth-order valence-electron chi connectivity index (χ4n) is 2.32. The van der Waals surface area contributed by atoms with Gasteiger partial charge in [-0.1, -0.05) is 6.07 Å². The largest absolute Gasteiger partial charge is 0.493 e. The van der Waals surface area contributed by atoms with Crippen LogP contribution in [0.4, 0.5) is 0 Å². The molecule has 0 heterocycles. The highest BCUT2D eigenvalue weighted by Crippen LogP contribution is 2.23. The fraction of sp³-hybridized carbons (Fsp3) is 0.278. The van der Waals surface area contributed by atoms with Crippen molar-refractivity contribution in [3.05, 3.63) is 58.7 Å². The van der Waals surface area contributed by atoms with E-state index in [-0.39, 0.29) is 0 Å². The van der Waals surface area contributed by atoms with E-state index in [0.717, 1.165) is 22.4 Å². The molecule has 0 saturated carbocycles. The standard InChI is InChI=1S/C18H21NO3/c1-4-21-17-6-5-14(18(19)20)10-15(17)11-22-16-8-12(2)7-13(3)9-16/h5-10H,4,11H2,1-3H3,(H2,19,20). The van der Waals surface area contributed by atoms with E-state index in [9.17, 15) is 4.79 Å². The van der Waals surface area contributed by atoms with E-state index in [0.29, 0.717) is 24.5 Å². The molecule has 2 rings (SSSR count). The first-order chi connectivity index (χ1) is 10.5. The van der Waals surface area contributed by atoms with E-state index in [1.54, 1.807) is 18.2 Å². The quantitative estimate of drug-likeness (QED) is 0.889. The van der Waals surface area contributed by atoms with Crippen molar-refractivity contribution in [1.29, 1.82) is 0 Å². The van der Waals surface area contributed by atoms with E-state index in [1.807, 2.05) is 32.9 Å². The first-order valence-corrected chi connectivity index (χ1v) is 7.26. The smallest absolute Gasteiger partial charge is 0.248 e. The molecule has 0 fully saturated rings. The summed E-state index contributed by atoms with van der Waals surface area (Å²) in [4.78, 5) is 11.3. The summed E-state index contributed by atoms with van der Waals surface area (Å²) in [6.07, 6.45) is 0. The Kier molecular flexibility index (Phi) is 5.04. The summed E-state index contributed by atoms with van der Waals surface area (Å²) in [6, 6.07) is 11.2. The Morgan fingerprint density at radius 2 is 1.73 bits per heavy atom. The van der Waals surface area contributed by atoms with Crippen molar-refractivity contribution in [2.24, 2.45) is 5.73 Å². The molecule has 0 saturated heterocycles. The lowest BCUT2D eigenvalue weighted by atomic mass is 10.1. The van der Waals surface area contributed by atoms with Crippen LogP contribution in [-0.2, 0) is 6.61 Å². The van der Waals surface area contributed by atoms with Crippen LogP contribution in [-0.4, -0.2) is 12.5 Å². The number of benzene rings is 2. The zero-order valence-electron chi connectivity index (χ0n) is 13.2. The van der Waals surface area contributed by atoms with Gasteiger partial charge in [0.1, 0.15) is 18.1 Å². The van der Waals surface area contributed by atoms with Crippen LogP contribution in [0.1, 0.15) is 34.0 Å². The topological polar surface area (TPSA) is 61.5 Å². The second-order valence-electron chi connectivity index (χ2n) is 5.23. The fourth-order valence-corrected chi connectivity index (χ4v) is 2.32. The average Bonchev–Trinajstić information content (AvgIpc) is 2.45. The molecule has 116 valence electrons. The first kappa shape index (κ1) is 15.9. The summed E-state index contributed by atoms with van der Waals surface area (Å²) < 4.78 is 11.4. The van der Waals surface area contributed by atoms with Crippen molar-refractivity contribution >= 4 is 5.91 Å². The van der Waals surface area contributed by atoms with Gasteiger partial charge in [-0.15, -0.1) is 0 Å². The Morgan fingerprint density at radius 1 is 1.05 bits per heavy atom. The van der Waals surface area contributed by atoms with E-state index in [4.69, 9.17) is 15.2 Å². The molecule has 0 aromatic heterocycles. The Morgan fingerprint density at radius 3 is 2.32 bits per heavy atom. The third-order valence-electron chi connectivity index (χ3n) is 3.23. The highest BCUT2D eigenvalue weighted by Gasteiger charge is 2.09. The van der Waals surface area contributed by atoms with Crippen molar-refractivity contribution in [3.8, 4) is 11.5 Å². The van der Waals surface area contributed by atoms with Crippen molar-refractivity contribution in [3.63, 3.8) is 0 Å². The molecule has 0 aliphatic rings. The van der Waals surface area contributed by atoms with Crippen LogP contribution >= 0.6 is 0 Å². The van der Waals surface area contributed by atoms with Crippen LogP contribution in [0.3, 0.4) is 0 Å². The summed E-state index contributed by atoms with van der Waals surface area (Å²) >= 11 is 0. The number of hydrogen-bond acceptors (Lipinski definition) is 3. The predicted molar refractivity (Wildman–Crippen MR) is 86.4 cm³/mol. The van der Waals surface area contributed by atoms with E-state index < -0.39 is 5.91 Å². The first-order valence-electron chi connectivity index (χ1n) is 7.26. The number of carbonyl (C=O) groups is 1. The molecule has 2 N–H and O–H groups in total. The van der Waals surface area contributed by atoms with E-state index in [2.05, 4.69) is 6.07 Å². The molecule has 0 radical (unpaired) electrons. The second kappa shape index (κ2) is 6.98. The van der Waals surface area contributed by atoms with Gasteiger partial charge in [0.15, 0.2) is 0 Å². The van der Waals surface area contributed by atoms with Crippen LogP contribution in [0, 0.1) is 13.8 Å². The van der Waals surface area contributed by atoms with Crippen molar-refractivity contribution in [1.82, 2.24) is 0 Å². The molecule has 4 heteroatoms. The Hall–Kier alpha value is -2.49. The minimum atomic E-state index is -0.462. The van der Waals surface area contributed by atoms with Gasteiger partial charge in [0.05, 0.1) is 6.61 Å². The summed E-state index contributed by atoms with van der Waals surface area (Å²) in [6.45, 7) is 6.83. The normalized spacial score (nSPS) is 10.3. The molecule has 0 bridgehead atoms. The van der Waals surface area contributed by atoms with Gasteiger partial charge in [-0.3, -0.25) is 4.79 Å². The lowest BCUT2D eigenvalue weighted by Gasteiger charge is -2.13. The van der Waals surface area contributed by atoms with Crippen molar-refractivity contribution < 1.29 is 14.3 Å². The number of ether oxygens (including phenoxy) is 2. The number of rotatable bonds is 6. The third kappa shape index (κ3) is 4.01. The minimum Gasteiger partial charge on any atom is -0.493 e. The number of aryl methyl sites for hydroxylation is 2. The average molecular weight is 299 g/mol. The number of amides is 1. The zero-order valence-corrected chi connectivity index (χ0v) is 13.2. The summed E-state index contributed by atoms with van der Waals surface area (Å²) in [5.74, 6) is 1.04. The highest BCUT2D eigenvalue weighted by atomic mass is 16.5. The van der Waals surface area contributed by atoms with Gasteiger partial charge < -0.3 is 15.2 Å². The maximum atomic E-state index is 11.3. The Balaban J connectivity index is 2.22. The molecule has 1 amide bonds. The molecule has 2 aromatic carbocycles. The SMILES string of the molecule is CCOc1ccc(C(N)=O)cc1COc1cc(C)cc(C)c1. The number of nitrogens with two attached hydrogens (primary N) is 1. The zero-order chi connectivity index (χ0) is 16.1. The Labute approximate surface area is 130 Å². The minimum absolute atomic E-state index is 0.319. The predicted octanol–water partition coefficient (Wildman–Crippen LogP) is 3.38. The molecule has 0 spiro atoms. The van der Waals surface area contributed by atoms with Crippen LogP contribution < -0.4 is 15.2 Å². The maximum absolute atomic E-state index is 11.3. The van der Waals surface area contributed by atoms with Crippen LogP contribution in [0.15, 0.2) is 36.4 Å². The van der Waals surface area contributed by atoms with Crippen molar-refractivity contribution in [2.45, 2.75) is 27.4 Å². The van der Waals surface area contributed by atoms with Gasteiger partial charge in [0, 0.05) is 11.1 Å². The van der Waals surface area contributed by atoms with Gasteiger partial charge in [-0.05, 0) is 62.2 Å². The lowest BCUT2D eigenvalue weighted by molar-refractivity contribution is 0.1000. The third-order valence-corrected chi connectivity index (χ3v) is 3.23. The van der Waals surface area contributed by atoms with E-state index in [1.165, 1.54) is 0 Å². The highest BCUT2D eigenvalue weighted by molar-refractivity contribution is 5.93. The van der Waals surface area contributed by atoms with Gasteiger partial charge in [0.25, 0.3) is 0 Å². The number of carbonyl (C=O) groups excluding carboxylic acids is 1. The van der Waals surface area contributed by atoms with Crippen molar-refractivity contribution in [2.75, 3.05) is 6.61 Å². The van der Waals surface area contributed by atoms with Crippen LogP contribution in [0.5, 0.6) is 11.5 Å². The second-order valence-corrected chi connectivity index (χ2v) is 5.23. The summed E-state index contributed by atoms with van der Waals surface area (Å²) in [7, 11) is 0. The van der Waals surface area contributed by atoms with Crippen LogP contribution in [0.25, 0.3) is 0 Å². The lowest BCUT2D eigenvalue weighted by Crippen LogP contribution is -2.12. The molecule has 22 heavy (non-hydrogen) atoms. The van der Waals surface area contributed by atoms with Gasteiger partial charge >= 0.3 is 0 Å². The molecule has 0 unspecified atom stereocenters. The maximum Gasteiger partial charge on any atom is 0.248 e. The summed E-state index contributed by atoms with van der Waals surface area (Å²) in [5.41, 5.74) is 8.87. The molecule has 2 aromatic rings. The molecule has 0 atom stereocenters. The van der Waals surface area contributed by atoms with Gasteiger partial charge in [-0.25, -0.2) is 0 Å². The van der Waals surface area contributed by atoms with Crippen LogP contribution in [0.2, 0.25) is 0 Å². The van der Waals surface area contributed by atoms with E-state index >= 15 is 0 Å². The monoisotopic (exact) mass is 299 g/mol. The summed E-state index contributed by atoms with van der Waals surface area (Å²) in [5, 5.41) is 0. The van der Waals surface area contributed by atoms with Gasteiger partial charge in [-0.2, -0.15) is 0 Å².